The van der Waals surface area contributed by atoms with Crippen LogP contribution in [0.1, 0.15) is 39.5 Å². The second-order valence-corrected chi connectivity index (χ2v) is 4.36. The number of amides is 1. The maximum Gasteiger partial charge on any atom is 0.407 e. The molecule has 0 aliphatic heterocycles. The van der Waals surface area contributed by atoms with Crippen LogP contribution in [0.5, 0.6) is 0 Å². The molecule has 0 spiro atoms. The molecule has 0 aliphatic carbocycles. The highest BCUT2D eigenvalue weighted by molar-refractivity contribution is 5.66. The van der Waals surface area contributed by atoms with Crippen molar-refractivity contribution in [3.8, 4) is 0 Å². The lowest BCUT2D eigenvalue weighted by Crippen LogP contribution is -2.25. The van der Waals surface area contributed by atoms with E-state index in [1.807, 2.05) is 50.5 Å². The third-order valence-corrected chi connectivity index (χ3v) is 2.24. The molecule has 1 rings (SSSR count). The highest BCUT2D eigenvalue weighted by Crippen LogP contribution is 1.96. The summed E-state index contributed by atoms with van der Waals surface area (Å²) >= 11 is 0. The van der Waals surface area contributed by atoms with E-state index in [1.54, 1.807) is 6.92 Å². The molecule has 0 aromatic heterocycles. The van der Waals surface area contributed by atoms with Crippen molar-refractivity contribution < 1.29 is 9.53 Å². The monoisotopic (exact) mass is 296 g/mol. The van der Waals surface area contributed by atoms with E-state index in [0.29, 0.717) is 6.61 Å². The lowest BCUT2D eigenvalue weighted by Gasteiger charge is -2.03. The number of ether oxygens (including phenoxy) is 1. The Morgan fingerprint density at radius 2 is 1.38 bits per heavy atom. The van der Waals surface area contributed by atoms with Gasteiger partial charge in [0.05, 0.1) is 6.61 Å². The Labute approximate surface area is 130 Å². The van der Waals surface area contributed by atoms with Crippen molar-refractivity contribution in [3.63, 3.8) is 0 Å². The Hall–Kier alpha value is -1.55. The predicted octanol–water partition coefficient (Wildman–Crippen LogP) is 3.84. The molecular weight excluding hydrogens is 264 g/mol. The average molecular weight is 296 g/mol. The van der Waals surface area contributed by atoms with E-state index in [0.717, 1.165) is 13.0 Å². The molecule has 1 aromatic carbocycles. The number of carbonyl (C=O) groups excluding carboxylic acids is 1. The van der Waals surface area contributed by atoms with Gasteiger partial charge in [-0.3, -0.25) is 0 Å². The normalized spacial score (nSPS) is 8.57. The van der Waals surface area contributed by atoms with Crippen LogP contribution in [-0.2, 0) is 4.74 Å². The maximum atomic E-state index is 10.7. The molecule has 4 nitrogen and oxygen atoms in total. The molecule has 122 valence electrons. The molecule has 1 amide bonds. The molecule has 0 fully saturated rings. The van der Waals surface area contributed by atoms with E-state index in [9.17, 15) is 4.79 Å². The van der Waals surface area contributed by atoms with Crippen LogP contribution < -0.4 is 10.6 Å². The van der Waals surface area contributed by atoms with Crippen LogP contribution in [0.4, 0.5) is 4.79 Å². The zero-order valence-electron chi connectivity index (χ0n) is 14.0. The van der Waals surface area contributed by atoms with Crippen LogP contribution in [0.2, 0.25) is 0 Å². The van der Waals surface area contributed by atoms with Gasteiger partial charge >= 0.3 is 6.09 Å². The summed E-state index contributed by atoms with van der Waals surface area (Å²) in [5, 5.41) is 5.43. The smallest absolute Gasteiger partial charge is 0.407 e. The van der Waals surface area contributed by atoms with Crippen molar-refractivity contribution in [1.82, 2.24) is 10.6 Å². The molecule has 2 N–H and O–H groups in total. The van der Waals surface area contributed by atoms with Crippen molar-refractivity contribution in [1.29, 1.82) is 0 Å². The number of rotatable bonds is 6. The first-order valence-corrected chi connectivity index (χ1v) is 7.71. The Kier molecular flexibility index (Phi) is 21.5. The third kappa shape index (κ3) is 23.9. The molecule has 21 heavy (non-hydrogen) atoms. The van der Waals surface area contributed by atoms with Crippen LogP contribution in [0.3, 0.4) is 0 Å². The fourth-order valence-electron chi connectivity index (χ4n) is 1.31. The highest BCUT2D eigenvalue weighted by atomic mass is 16.5. The van der Waals surface area contributed by atoms with Gasteiger partial charge in [-0.2, -0.15) is 0 Å². The number of nitrogens with one attached hydrogen (secondary N) is 2. The minimum absolute atomic E-state index is 0.297. The second-order valence-electron chi connectivity index (χ2n) is 4.36. The lowest BCUT2D eigenvalue weighted by atomic mass is 10.2. The summed E-state index contributed by atoms with van der Waals surface area (Å²) in [7, 11) is 3.75. The summed E-state index contributed by atoms with van der Waals surface area (Å²) in [6.07, 6.45) is 4.40. The van der Waals surface area contributed by atoms with E-state index in [4.69, 9.17) is 4.74 Å². The van der Waals surface area contributed by atoms with Gasteiger partial charge in [0.2, 0.25) is 0 Å². The third-order valence-electron chi connectivity index (χ3n) is 2.24. The van der Waals surface area contributed by atoms with Gasteiger partial charge in [-0.1, -0.05) is 62.6 Å². The molecule has 0 aliphatic rings. The first-order chi connectivity index (χ1) is 10.2. The highest BCUT2D eigenvalue weighted by Gasteiger charge is 1.96. The SMILES string of the molecule is CCCCCCNC(=O)OCC.CNC.c1ccccc1. The second kappa shape index (κ2) is 20.8. The van der Waals surface area contributed by atoms with E-state index in [-0.39, 0.29) is 6.09 Å². The number of hydrogen-bond donors (Lipinski definition) is 2. The van der Waals surface area contributed by atoms with Crippen LogP contribution in [0, 0.1) is 0 Å². The van der Waals surface area contributed by atoms with Crippen LogP contribution >= 0.6 is 0 Å². The van der Waals surface area contributed by atoms with Crippen LogP contribution in [0.25, 0.3) is 0 Å². The van der Waals surface area contributed by atoms with E-state index < -0.39 is 0 Å². The standard InChI is InChI=1S/C9H19NO2.C6H6.C2H7N/c1-3-5-6-7-8-10-9(11)12-4-2;1-2-4-6-5-3-1;1-3-2/h3-8H2,1-2H3,(H,10,11);1-6H;3H,1-2H3. The topological polar surface area (TPSA) is 50.4 Å². The van der Waals surface area contributed by atoms with Gasteiger partial charge in [0.15, 0.2) is 0 Å². The van der Waals surface area contributed by atoms with Crippen LogP contribution in [-0.4, -0.2) is 33.3 Å². The molecule has 4 heteroatoms. The number of alkyl carbamates (subject to hydrolysis) is 1. The van der Waals surface area contributed by atoms with Crippen molar-refractivity contribution in [2.45, 2.75) is 39.5 Å². The minimum atomic E-state index is -0.297. The van der Waals surface area contributed by atoms with Gasteiger partial charge in [0.1, 0.15) is 0 Å². The summed E-state index contributed by atoms with van der Waals surface area (Å²) in [4.78, 5) is 10.7. The average Bonchev–Trinajstić information content (AvgIpc) is 2.50. The van der Waals surface area contributed by atoms with Gasteiger partial charge in [-0.05, 0) is 27.4 Å². The molecule has 0 saturated heterocycles. The molecule has 0 radical (unpaired) electrons. The molecule has 0 atom stereocenters. The first-order valence-electron chi connectivity index (χ1n) is 7.71. The fourth-order valence-corrected chi connectivity index (χ4v) is 1.31. The van der Waals surface area contributed by atoms with Gasteiger partial charge in [0, 0.05) is 6.54 Å². The van der Waals surface area contributed by atoms with E-state index in [2.05, 4.69) is 17.6 Å². The molecule has 0 saturated carbocycles. The summed E-state index contributed by atoms with van der Waals surface area (Å²) in [5.41, 5.74) is 0. The number of benzene rings is 1. The largest absolute Gasteiger partial charge is 0.450 e. The Morgan fingerprint density at radius 1 is 0.905 bits per heavy atom. The van der Waals surface area contributed by atoms with Crippen LogP contribution in [0.15, 0.2) is 36.4 Å². The lowest BCUT2D eigenvalue weighted by molar-refractivity contribution is 0.152. The quantitative estimate of drug-likeness (QED) is 0.784. The zero-order chi connectivity index (χ0) is 16.2. The zero-order valence-corrected chi connectivity index (χ0v) is 14.0. The number of hydrogen-bond acceptors (Lipinski definition) is 3. The fraction of sp³-hybridized carbons (Fsp3) is 0.588. The summed E-state index contributed by atoms with van der Waals surface area (Å²) in [6.45, 7) is 5.15. The van der Waals surface area contributed by atoms with Crippen molar-refractivity contribution in [2.75, 3.05) is 27.2 Å². The molecule has 0 bridgehead atoms. The summed E-state index contributed by atoms with van der Waals surface area (Å²) in [6, 6.07) is 12.0. The van der Waals surface area contributed by atoms with Crippen molar-refractivity contribution >= 4 is 6.09 Å². The Morgan fingerprint density at radius 3 is 1.76 bits per heavy atom. The van der Waals surface area contributed by atoms with Gasteiger partial charge in [-0.25, -0.2) is 4.79 Å². The number of carbonyl (C=O) groups is 1. The molecule has 1 aromatic rings. The van der Waals surface area contributed by atoms with Crippen molar-refractivity contribution in [2.24, 2.45) is 0 Å². The molecule has 0 unspecified atom stereocenters. The van der Waals surface area contributed by atoms with Gasteiger partial charge in [0.25, 0.3) is 0 Å². The summed E-state index contributed by atoms with van der Waals surface area (Å²) < 4.78 is 4.70. The minimum Gasteiger partial charge on any atom is -0.450 e. The number of unbranched alkanes of at least 4 members (excludes halogenated alkanes) is 3. The molecule has 0 heterocycles. The van der Waals surface area contributed by atoms with E-state index >= 15 is 0 Å². The molecular formula is C17H32N2O2. The maximum absolute atomic E-state index is 10.7. The van der Waals surface area contributed by atoms with Crippen molar-refractivity contribution in [3.05, 3.63) is 36.4 Å². The van der Waals surface area contributed by atoms with Gasteiger partial charge in [-0.15, -0.1) is 0 Å². The first kappa shape index (κ1) is 21.7. The Balaban J connectivity index is 0. The Bertz CT molecular complexity index is 265. The van der Waals surface area contributed by atoms with Gasteiger partial charge < -0.3 is 15.4 Å². The summed E-state index contributed by atoms with van der Waals surface area (Å²) in [5.74, 6) is 0. The predicted molar refractivity (Wildman–Crippen MR) is 90.6 cm³/mol. The van der Waals surface area contributed by atoms with E-state index in [1.165, 1.54) is 19.3 Å².